The zero-order chi connectivity index (χ0) is 12.3. The van der Waals surface area contributed by atoms with Crippen LogP contribution >= 0.6 is 11.6 Å². The van der Waals surface area contributed by atoms with E-state index in [0.29, 0.717) is 6.54 Å². The second-order valence-corrected chi connectivity index (χ2v) is 5.34. The number of hydrogen-bond acceptors (Lipinski definition) is 2. The van der Waals surface area contributed by atoms with Gasteiger partial charge < -0.3 is 5.73 Å². The summed E-state index contributed by atoms with van der Waals surface area (Å²) in [6, 6.07) is 6.18. The molecular weight excluding hydrogens is 232 g/mol. The first kappa shape index (κ1) is 12.9. The minimum atomic E-state index is 0.557. The number of halogens is 1. The largest absolute Gasteiger partial charge is 0.326 e. The van der Waals surface area contributed by atoms with Crippen LogP contribution in [0.4, 0.5) is 0 Å². The van der Waals surface area contributed by atoms with E-state index in [2.05, 4.69) is 24.0 Å². The minimum Gasteiger partial charge on any atom is -0.326 e. The Kier molecular flexibility index (Phi) is 4.43. The van der Waals surface area contributed by atoms with Gasteiger partial charge in [-0.15, -0.1) is 0 Å². The summed E-state index contributed by atoms with van der Waals surface area (Å²) < 4.78 is 0. The van der Waals surface area contributed by atoms with E-state index < -0.39 is 0 Å². The second kappa shape index (κ2) is 5.85. The van der Waals surface area contributed by atoms with Crippen LogP contribution < -0.4 is 5.73 Å². The van der Waals surface area contributed by atoms with Crippen LogP contribution in [0.5, 0.6) is 0 Å². The SMILES string of the molecule is CCC1CCN(Cc2ccc(CN)cc2Cl)C1. The van der Waals surface area contributed by atoms with Gasteiger partial charge in [0.05, 0.1) is 0 Å². The molecule has 17 heavy (non-hydrogen) atoms. The van der Waals surface area contributed by atoms with Crippen molar-refractivity contribution in [2.45, 2.75) is 32.9 Å². The zero-order valence-corrected chi connectivity index (χ0v) is 11.2. The summed E-state index contributed by atoms with van der Waals surface area (Å²) in [6.45, 7) is 6.22. The molecule has 0 amide bonds. The van der Waals surface area contributed by atoms with Crippen LogP contribution in [0.3, 0.4) is 0 Å². The molecule has 1 saturated heterocycles. The molecule has 0 saturated carbocycles. The highest BCUT2D eigenvalue weighted by molar-refractivity contribution is 6.31. The zero-order valence-electron chi connectivity index (χ0n) is 10.5. The Morgan fingerprint density at radius 2 is 2.29 bits per heavy atom. The van der Waals surface area contributed by atoms with Crippen LogP contribution in [-0.2, 0) is 13.1 Å². The van der Waals surface area contributed by atoms with Gasteiger partial charge in [0.1, 0.15) is 0 Å². The first-order valence-electron chi connectivity index (χ1n) is 6.42. The van der Waals surface area contributed by atoms with E-state index in [-0.39, 0.29) is 0 Å². The lowest BCUT2D eigenvalue weighted by molar-refractivity contribution is 0.315. The third-order valence-corrected chi connectivity index (χ3v) is 4.05. The number of likely N-dealkylation sites (tertiary alicyclic amines) is 1. The normalized spacial score (nSPS) is 21.0. The van der Waals surface area contributed by atoms with Gasteiger partial charge in [0.15, 0.2) is 0 Å². The molecule has 1 aromatic rings. The number of benzene rings is 1. The molecule has 1 aromatic carbocycles. The van der Waals surface area contributed by atoms with Crippen LogP contribution in [0.1, 0.15) is 30.9 Å². The molecule has 2 N–H and O–H groups in total. The highest BCUT2D eigenvalue weighted by atomic mass is 35.5. The van der Waals surface area contributed by atoms with E-state index in [9.17, 15) is 0 Å². The molecule has 0 bridgehead atoms. The van der Waals surface area contributed by atoms with Crippen molar-refractivity contribution in [2.24, 2.45) is 11.7 Å². The van der Waals surface area contributed by atoms with Crippen molar-refractivity contribution in [3.8, 4) is 0 Å². The summed E-state index contributed by atoms with van der Waals surface area (Å²) in [4.78, 5) is 2.50. The van der Waals surface area contributed by atoms with Crippen molar-refractivity contribution < 1.29 is 0 Å². The predicted octanol–water partition coefficient (Wildman–Crippen LogP) is 3.03. The average molecular weight is 253 g/mol. The first-order chi connectivity index (χ1) is 8.22. The maximum atomic E-state index is 6.27. The van der Waals surface area contributed by atoms with Gasteiger partial charge >= 0.3 is 0 Å². The van der Waals surface area contributed by atoms with Gasteiger partial charge in [0.25, 0.3) is 0 Å². The maximum absolute atomic E-state index is 6.27. The van der Waals surface area contributed by atoms with Gasteiger partial charge in [0.2, 0.25) is 0 Å². The fourth-order valence-electron chi connectivity index (χ4n) is 2.48. The van der Waals surface area contributed by atoms with Crippen molar-refractivity contribution >= 4 is 11.6 Å². The smallest absolute Gasteiger partial charge is 0.0454 e. The molecule has 2 rings (SSSR count). The lowest BCUT2D eigenvalue weighted by Crippen LogP contribution is -2.20. The summed E-state index contributed by atoms with van der Waals surface area (Å²) in [7, 11) is 0. The van der Waals surface area contributed by atoms with Gasteiger partial charge in [-0.2, -0.15) is 0 Å². The summed E-state index contributed by atoms with van der Waals surface area (Å²) in [5.41, 5.74) is 7.93. The van der Waals surface area contributed by atoms with Gasteiger partial charge in [-0.3, -0.25) is 4.90 Å². The standard InChI is InChI=1S/C14H21ClN2/c1-2-11-5-6-17(9-11)10-13-4-3-12(8-16)7-14(13)15/h3-4,7,11H,2,5-6,8-10,16H2,1H3. The van der Waals surface area contributed by atoms with Crippen molar-refractivity contribution in [1.82, 2.24) is 4.90 Å². The molecule has 0 aromatic heterocycles. The van der Waals surface area contributed by atoms with Crippen LogP contribution in [0.25, 0.3) is 0 Å². The Morgan fingerprint density at radius 3 is 2.88 bits per heavy atom. The van der Waals surface area contributed by atoms with Gasteiger partial charge in [-0.25, -0.2) is 0 Å². The lowest BCUT2D eigenvalue weighted by atomic mass is 10.1. The number of nitrogens with two attached hydrogens (primary N) is 1. The molecule has 1 aliphatic rings. The third-order valence-electron chi connectivity index (χ3n) is 3.69. The van der Waals surface area contributed by atoms with E-state index in [0.717, 1.165) is 23.0 Å². The van der Waals surface area contributed by atoms with E-state index in [4.69, 9.17) is 17.3 Å². The monoisotopic (exact) mass is 252 g/mol. The Balaban J connectivity index is 1.99. The molecule has 1 heterocycles. The molecule has 0 aliphatic carbocycles. The number of rotatable bonds is 4. The Bertz CT molecular complexity index is 378. The summed E-state index contributed by atoms with van der Waals surface area (Å²) in [5.74, 6) is 0.872. The molecule has 94 valence electrons. The Morgan fingerprint density at radius 1 is 1.47 bits per heavy atom. The summed E-state index contributed by atoms with van der Waals surface area (Å²) in [5, 5.41) is 0.855. The molecular formula is C14H21ClN2. The highest BCUT2D eigenvalue weighted by Gasteiger charge is 2.21. The minimum absolute atomic E-state index is 0.557. The Hall–Kier alpha value is -0.570. The van der Waals surface area contributed by atoms with Gasteiger partial charge in [-0.05, 0) is 36.1 Å². The molecule has 0 spiro atoms. The average Bonchev–Trinajstić information content (AvgIpc) is 2.79. The maximum Gasteiger partial charge on any atom is 0.0454 e. The van der Waals surface area contributed by atoms with Crippen LogP contribution in [0.2, 0.25) is 5.02 Å². The summed E-state index contributed by atoms with van der Waals surface area (Å²) >= 11 is 6.27. The van der Waals surface area contributed by atoms with Crippen LogP contribution in [0.15, 0.2) is 18.2 Å². The predicted molar refractivity (Wildman–Crippen MR) is 73.0 cm³/mol. The molecule has 3 heteroatoms. The van der Waals surface area contributed by atoms with Crippen LogP contribution in [0, 0.1) is 5.92 Å². The summed E-state index contributed by atoms with van der Waals surface area (Å²) in [6.07, 6.45) is 2.62. The van der Waals surface area contributed by atoms with Crippen LogP contribution in [-0.4, -0.2) is 18.0 Å². The lowest BCUT2D eigenvalue weighted by Gasteiger charge is -2.17. The van der Waals surface area contributed by atoms with Gasteiger partial charge in [0, 0.05) is 24.7 Å². The second-order valence-electron chi connectivity index (χ2n) is 4.93. The molecule has 1 fully saturated rings. The van der Waals surface area contributed by atoms with Crippen molar-refractivity contribution in [3.63, 3.8) is 0 Å². The quantitative estimate of drug-likeness (QED) is 0.893. The molecule has 1 atom stereocenters. The van der Waals surface area contributed by atoms with Crippen molar-refractivity contribution in [1.29, 1.82) is 0 Å². The fraction of sp³-hybridized carbons (Fsp3) is 0.571. The van der Waals surface area contributed by atoms with E-state index in [1.165, 1.54) is 31.5 Å². The fourth-order valence-corrected chi connectivity index (χ4v) is 2.74. The van der Waals surface area contributed by atoms with Crippen molar-refractivity contribution in [2.75, 3.05) is 13.1 Å². The van der Waals surface area contributed by atoms with Crippen molar-refractivity contribution in [3.05, 3.63) is 34.3 Å². The molecule has 0 radical (unpaired) electrons. The molecule has 2 nitrogen and oxygen atoms in total. The highest BCUT2D eigenvalue weighted by Crippen LogP contribution is 2.24. The third kappa shape index (κ3) is 3.21. The van der Waals surface area contributed by atoms with E-state index in [1.54, 1.807) is 0 Å². The molecule has 1 unspecified atom stereocenters. The van der Waals surface area contributed by atoms with E-state index >= 15 is 0 Å². The first-order valence-corrected chi connectivity index (χ1v) is 6.80. The topological polar surface area (TPSA) is 29.3 Å². The number of hydrogen-bond donors (Lipinski definition) is 1. The van der Waals surface area contributed by atoms with E-state index in [1.807, 2.05) is 6.07 Å². The van der Waals surface area contributed by atoms with Gasteiger partial charge in [-0.1, -0.05) is 37.1 Å². The molecule has 1 aliphatic heterocycles. The Labute approximate surface area is 109 Å². The number of nitrogens with zero attached hydrogens (tertiary/aromatic N) is 1.